The Morgan fingerprint density at radius 1 is 1.37 bits per heavy atom. The van der Waals surface area contributed by atoms with Crippen LogP contribution < -0.4 is 5.73 Å². The largest absolute Gasteiger partial charge is 0.330 e. The molecule has 1 atom stereocenters. The normalized spacial score (nSPS) is 12.4. The number of carbonyl (C=O) groups is 1. The van der Waals surface area contributed by atoms with Crippen LogP contribution in [0.4, 0.5) is 0 Å². The molecule has 3 nitrogen and oxygen atoms in total. The van der Waals surface area contributed by atoms with Crippen molar-refractivity contribution in [3.8, 4) is 0 Å². The second kappa shape index (κ2) is 9.21. The van der Waals surface area contributed by atoms with Crippen molar-refractivity contribution < 1.29 is 4.79 Å². The van der Waals surface area contributed by atoms with E-state index in [1.165, 1.54) is 6.42 Å². The quantitative estimate of drug-likeness (QED) is 0.755. The molecule has 2 N–H and O–H groups in total. The molecular weight excluding hydrogens is 304 g/mol. The Hall–Kier alpha value is -0.740. The van der Waals surface area contributed by atoms with Crippen molar-refractivity contribution in [1.82, 2.24) is 4.98 Å². The zero-order valence-electron chi connectivity index (χ0n) is 11.6. The van der Waals surface area contributed by atoms with Gasteiger partial charge >= 0.3 is 0 Å². The van der Waals surface area contributed by atoms with E-state index >= 15 is 0 Å². The summed E-state index contributed by atoms with van der Waals surface area (Å²) in [6.45, 7) is 2.90. The molecule has 0 aliphatic rings. The van der Waals surface area contributed by atoms with Crippen LogP contribution >= 0.6 is 15.9 Å². The standard InChI is InChI=1S/C15H23BrN2O/c1-2-3-12(6-7-17)4-5-15(19)9-13-8-14(16)11-18-10-13/h8,10-12H,2-7,9,17H2,1H3. The first-order chi connectivity index (χ1) is 9.15. The van der Waals surface area contributed by atoms with Crippen molar-refractivity contribution in [1.29, 1.82) is 0 Å². The Morgan fingerprint density at radius 3 is 2.79 bits per heavy atom. The fraction of sp³-hybridized carbons (Fsp3) is 0.600. The van der Waals surface area contributed by atoms with Gasteiger partial charge in [-0.25, -0.2) is 0 Å². The van der Waals surface area contributed by atoms with E-state index in [0.717, 1.165) is 29.3 Å². The molecule has 0 amide bonds. The van der Waals surface area contributed by atoms with E-state index in [1.807, 2.05) is 6.07 Å². The third-order valence-electron chi connectivity index (χ3n) is 3.27. The van der Waals surface area contributed by atoms with E-state index in [4.69, 9.17) is 5.73 Å². The molecule has 0 aliphatic heterocycles. The van der Waals surface area contributed by atoms with Crippen LogP contribution in [0.2, 0.25) is 0 Å². The molecule has 0 fully saturated rings. The van der Waals surface area contributed by atoms with Crippen LogP contribution in [-0.2, 0) is 11.2 Å². The van der Waals surface area contributed by atoms with Crippen LogP contribution in [0.3, 0.4) is 0 Å². The van der Waals surface area contributed by atoms with E-state index in [1.54, 1.807) is 12.4 Å². The summed E-state index contributed by atoms with van der Waals surface area (Å²) in [4.78, 5) is 16.0. The van der Waals surface area contributed by atoms with Gasteiger partial charge in [0, 0.05) is 29.7 Å². The Kier molecular flexibility index (Phi) is 7.91. The lowest BCUT2D eigenvalue weighted by atomic mass is 9.92. The highest BCUT2D eigenvalue weighted by Crippen LogP contribution is 2.18. The molecule has 0 aromatic carbocycles. The zero-order valence-corrected chi connectivity index (χ0v) is 13.2. The summed E-state index contributed by atoms with van der Waals surface area (Å²) in [6, 6.07) is 1.95. The highest BCUT2D eigenvalue weighted by atomic mass is 79.9. The number of hydrogen-bond acceptors (Lipinski definition) is 3. The minimum absolute atomic E-state index is 0.290. The van der Waals surface area contributed by atoms with E-state index in [-0.39, 0.29) is 5.78 Å². The molecule has 0 bridgehead atoms. The van der Waals surface area contributed by atoms with Crippen LogP contribution in [0.15, 0.2) is 22.9 Å². The topological polar surface area (TPSA) is 56.0 Å². The smallest absolute Gasteiger partial charge is 0.137 e. The minimum atomic E-state index is 0.290. The van der Waals surface area contributed by atoms with E-state index in [9.17, 15) is 4.79 Å². The summed E-state index contributed by atoms with van der Waals surface area (Å²) in [6.07, 6.45) is 8.94. The Labute approximate surface area is 124 Å². The number of nitrogens with two attached hydrogens (primary N) is 1. The highest BCUT2D eigenvalue weighted by molar-refractivity contribution is 9.10. The summed E-state index contributed by atoms with van der Waals surface area (Å²) in [5, 5.41) is 0. The van der Waals surface area contributed by atoms with Crippen molar-refractivity contribution in [2.45, 2.75) is 45.4 Å². The molecular formula is C15H23BrN2O. The highest BCUT2D eigenvalue weighted by Gasteiger charge is 2.11. The Balaban J connectivity index is 2.38. The van der Waals surface area contributed by atoms with Gasteiger partial charge in [0.2, 0.25) is 0 Å². The molecule has 1 heterocycles. The van der Waals surface area contributed by atoms with Gasteiger partial charge in [0.15, 0.2) is 0 Å². The van der Waals surface area contributed by atoms with Gasteiger partial charge in [0.1, 0.15) is 5.78 Å². The molecule has 106 valence electrons. The first-order valence-corrected chi connectivity index (χ1v) is 7.76. The molecule has 4 heteroatoms. The molecule has 1 unspecified atom stereocenters. The molecule has 0 aliphatic carbocycles. The number of pyridine rings is 1. The third kappa shape index (κ3) is 6.83. The number of ketones is 1. The van der Waals surface area contributed by atoms with Crippen molar-refractivity contribution in [3.05, 3.63) is 28.5 Å². The van der Waals surface area contributed by atoms with E-state index in [0.29, 0.717) is 25.3 Å². The van der Waals surface area contributed by atoms with Gasteiger partial charge in [-0.1, -0.05) is 19.8 Å². The number of rotatable bonds is 9. The molecule has 1 rings (SSSR count). The first kappa shape index (κ1) is 16.3. The van der Waals surface area contributed by atoms with Crippen LogP contribution in [-0.4, -0.2) is 17.3 Å². The number of nitrogens with zero attached hydrogens (tertiary/aromatic N) is 1. The van der Waals surface area contributed by atoms with Gasteiger partial charge in [-0.15, -0.1) is 0 Å². The summed E-state index contributed by atoms with van der Waals surface area (Å²) < 4.78 is 0.921. The molecule has 0 saturated heterocycles. The monoisotopic (exact) mass is 326 g/mol. The lowest BCUT2D eigenvalue weighted by Crippen LogP contribution is -2.11. The van der Waals surface area contributed by atoms with Gasteiger partial charge in [0.05, 0.1) is 0 Å². The first-order valence-electron chi connectivity index (χ1n) is 6.96. The fourth-order valence-corrected chi connectivity index (χ4v) is 2.72. The molecule has 0 saturated carbocycles. The van der Waals surface area contributed by atoms with Crippen LogP contribution in [0.1, 0.15) is 44.6 Å². The van der Waals surface area contributed by atoms with Gasteiger partial charge in [-0.3, -0.25) is 9.78 Å². The summed E-state index contributed by atoms with van der Waals surface area (Å²) in [5.74, 6) is 0.887. The lowest BCUT2D eigenvalue weighted by molar-refractivity contribution is -0.118. The molecule has 1 aromatic heterocycles. The average Bonchev–Trinajstić information content (AvgIpc) is 2.36. The number of hydrogen-bond donors (Lipinski definition) is 1. The SMILES string of the molecule is CCCC(CCN)CCC(=O)Cc1cncc(Br)c1. The van der Waals surface area contributed by atoms with Crippen LogP contribution in [0, 0.1) is 5.92 Å². The minimum Gasteiger partial charge on any atom is -0.330 e. The maximum atomic E-state index is 12.0. The molecule has 0 spiro atoms. The maximum absolute atomic E-state index is 12.0. The van der Waals surface area contributed by atoms with Crippen molar-refractivity contribution in [2.75, 3.05) is 6.54 Å². The van der Waals surface area contributed by atoms with Crippen molar-refractivity contribution in [2.24, 2.45) is 11.7 Å². The molecule has 1 aromatic rings. The maximum Gasteiger partial charge on any atom is 0.137 e. The summed E-state index contributed by atoms with van der Waals surface area (Å²) in [7, 11) is 0. The Morgan fingerprint density at radius 2 is 2.16 bits per heavy atom. The zero-order chi connectivity index (χ0) is 14.1. The van der Waals surface area contributed by atoms with Gasteiger partial charge in [0.25, 0.3) is 0 Å². The second-order valence-corrected chi connectivity index (χ2v) is 5.91. The van der Waals surface area contributed by atoms with Crippen LogP contribution in [0.5, 0.6) is 0 Å². The van der Waals surface area contributed by atoms with Gasteiger partial charge < -0.3 is 5.73 Å². The van der Waals surface area contributed by atoms with Gasteiger partial charge in [-0.05, 0) is 52.9 Å². The predicted molar refractivity (Wildman–Crippen MR) is 82.0 cm³/mol. The number of halogens is 1. The molecule has 19 heavy (non-hydrogen) atoms. The number of carbonyl (C=O) groups excluding carboxylic acids is 1. The lowest BCUT2D eigenvalue weighted by Gasteiger charge is -2.14. The van der Waals surface area contributed by atoms with Crippen LogP contribution in [0.25, 0.3) is 0 Å². The molecule has 0 radical (unpaired) electrons. The number of aromatic nitrogens is 1. The summed E-state index contributed by atoms with van der Waals surface area (Å²) in [5.41, 5.74) is 6.58. The third-order valence-corrected chi connectivity index (χ3v) is 3.70. The van der Waals surface area contributed by atoms with E-state index < -0.39 is 0 Å². The summed E-state index contributed by atoms with van der Waals surface area (Å²) >= 11 is 3.37. The number of Topliss-reactive ketones (excluding diaryl/α,β-unsaturated/α-hetero) is 1. The Bertz CT molecular complexity index is 389. The van der Waals surface area contributed by atoms with E-state index in [2.05, 4.69) is 27.8 Å². The second-order valence-electron chi connectivity index (χ2n) is 5.00. The predicted octanol–water partition coefficient (Wildman–Crippen LogP) is 3.50. The van der Waals surface area contributed by atoms with Crippen molar-refractivity contribution in [3.63, 3.8) is 0 Å². The average molecular weight is 327 g/mol. The van der Waals surface area contributed by atoms with Gasteiger partial charge in [-0.2, -0.15) is 0 Å². The van der Waals surface area contributed by atoms with Crippen molar-refractivity contribution >= 4 is 21.7 Å². The fourth-order valence-electron chi connectivity index (χ4n) is 2.31.